The van der Waals surface area contributed by atoms with Gasteiger partial charge in [0.15, 0.2) is 11.4 Å². The van der Waals surface area contributed by atoms with E-state index >= 15 is 0 Å². The minimum absolute atomic E-state index is 0.111. The number of hydrogen-bond acceptors (Lipinski definition) is 3. The Balaban J connectivity index is 2.77. The smallest absolute Gasteiger partial charge is 0.167 e. The van der Waals surface area contributed by atoms with Crippen molar-refractivity contribution in [3.63, 3.8) is 0 Å². The Hall–Kier alpha value is -0.450. The Morgan fingerprint density at radius 2 is 2.25 bits per heavy atom. The van der Waals surface area contributed by atoms with Gasteiger partial charge in [-0.15, -0.1) is 0 Å². The second-order valence-electron chi connectivity index (χ2n) is 3.33. The van der Waals surface area contributed by atoms with E-state index in [-0.39, 0.29) is 5.78 Å². The van der Waals surface area contributed by atoms with Crippen molar-refractivity contribution >= 4 is 5.78 Å². The van der Waals surface area contributed by atoms with Gasteiger partial charge in [-0.2, -0.15) is 0 Å². The number of ketones is 1. The zero-order valence-corrected chi connectivity index (χ0v) is 7.92. The third-order valence-electron chi connectivity index (χ3n) is 2.34. The van der Waals surface area contributed by atoms with Crippen LogP contribution in [0.5, 0.6) is 0 Å². The fourth-order valence-electron chi connectivity index (χ4n) is 1.49. The van der Waals surface area contributed by atoms with Gasteiger partial charge < -0.3 is 5.32 Å². The number of nitrogens with one attached hydrogen (secondary N) is 1. The van der Waals surface area contributed by atoms with Crippen molar-refractivity contribution in [2.24, 2.45) is 0 Å². The lowest BCUT2D eigenvalue weighted by atomic mass is 10.0. The lowest BCUT2D eigenvalue weighted by Gasteiger charge is -2.40. The monoisotopic (exact) mass is 170 g/mol. The third-order valence-corrected chi connectivity index (χ3v) is 2.34. The fraction of sp³-hybridized carbons (Fsp3) is 0.875. The number of piperazine rings is 1. The topological polar surface area (TPSA) is 46.4 Å². The Bertz CT molecular complexity index is 173. The summed E-state index contributed by atoms with van der Waals surface area (Å²) in [7, 11) is 3.77. The number of nitrogens with zero attached hydrogens (tertiary/aromatic N) is 2. The van der Waals surface area contributed by atoms with E-state index in [1.807, 2.05) is 19.0 Å². The molecule has 4 heteroatoms. The van der Waals surface area contributed by atoms with Crippen molar-refractivity contribution in [1.29, 1.82) is 0 Å². The first kappa shape index (κ1) is 9.64. The molecule has 1 unspecified atom stereocenters. The molecular formula is C8H16N3O. The van der Waals surface area contributed by atoms with Gasteiger partial charge in [-0.3, -0.25) is 9.69 Å². The maximum Gasteiger partial charge on any atom is 0.167 e. The van der Waals surface area contributed by atoms with Gasteiger partial charge in [0.2, 0.25) is 0 Å². The molecular weight excluding hydrogens is 154 g/mol. The van der Waals surface area contributed by atoms with E-state index in [0.29, 0.717) is 6.54 Å². The van der Waals surface area contributed by atoms with Gasteiger partial charge in [-0.05, 0) is 21.0 Å². The highest BCUT2D eigenvalue weighted by molar-refractivity contribution is 5.86. The molecule has 1 aliphatic heterocycles. The molecule has 0 aromatic rings. The zero-order chi connectivity index (χ0) is 9.19. The van der Waals surface area contributed by atoms with Crippen molar-refractivity contribution in [2.45, 2.75) is 12.6 Å². The van der Waals surface area contributed by atoms with Crippen molar-refractivity contribution in [2.75, 3.05) is 33.7 Å². The first-order chi connectivity index (χ1) is 5.59. The van der Waals surface area contributed by atoms with Gasteiger partial charge in [-0.25, -0.2) is 5.32 Å². The number of likely N-dealkylation sites (N-methyl/N-ethyl adjacent to an activating group) is 1. The first-order valence-corrected chi connectivity index (χ1v) is 4.17. The van der Waals surface area contributed by atoms with E-state index in [1.54, 1.807) is 6.92 Å². The molecule has 12 heavy (non-hydrogen) atoms. The average Bonchev–Trinajstić information content (AvgIpc) is 2.05. The van der Waals surface area contributed by atoms with E-state index in [0.717, 1.165) is 13.1 Å². The van der Waals surface area contributed by atoms with Crippen LogP contribution in [0.15, 0.2) is 0 Å². The normalized spacial score (nSPS) is 30.7. The highest BCUT2D eigenvalue weighted by Gasteiger charge is 2.39. The van der Waals surface area contributed by atoms with Crippen LogP contribution in [0.1, 0.15) is 6.92 Å². The molecule has 0 amide bonds. The van der Waals surface area contributed by atoms with Crippen LogP contribution in [-0.4, -0.2) is 50.1 Å². The summed E-state index contributed by atoms with van der Waals surface area (Å²) in [6.07, 6.45) is 0. The Morgan fingerprint density at radius 3 is 2.50 bits per heavy atom. The standard InChI is InChI=1S/C8H16N3O/c1-7(12)8(11(2)3)6-9-4-5-10-8/h9H,4-6H2,1-3H3. The second-order valence-corrected chi connectivity index (χ2v) is 3.33. The number of Topliss-reactive ketones (excluding diaryl/α,β-unsaturated/α-hetero) is 1. The summed E-state index contributed by atoms with van der Waals surface area (Å²) in [5, 5.41) is 7.56. The highest BCUT2D eigenvalue weighted by atomic mass is 16.1. The summed E-state index contributed by atoms with van der Waals surface area (Å²) < 4.78 is 0. The molecule has 1 N–H and O–H groups in total. The van der Waals surface area contributed by atoms with Crippen molar-refractivity contribution in [3.05, 3.63) is 0 Å². The Morgan fingerprint density at radius 1 is 1.58 bits per heavy atom. The van der Waals surface area contributed by atoms with Crippen LogP contribution in [-0.2, 0) is 4.79 Å². The van der Waals surface area contributed by atoms with Crippen LogP contribution in [0.2, 0.25) is 0 Å². The minimum atomic E-state index is -0.613. The summed E-state index contributed by atoms with van der Waals surface area (Å²) in [5.74, 6) is 0.111. The Labute approximate surface area is 73.3 Å². The zero-order valence-electron chi connectivity index (χ0n) is 7.92. The molecule has 1 heterocycles. The lowest BCUT2D eigenvalue weighted by Crippen LogP contribution is -2.66. The quantitative estimate of drug-likeness (QED) is 0.580. The van der Waals surface area contributed by atoms with Crippen LogP contribution in [0, 0.1) is 0 Å². The molecule has 1 saturated heterocycles. The number of hydrogen-bond donors (Lipinski definition) is 1. The van der Waals surface area contributed by atoms with Crippen molar-refractivity contribution in [1.82, 2.24) is 15.5 Å². The molecule has 1 rings (SSSR count). The molecule has 1 atom stereocenters. The predicted molar refractivity (Wildman–Crippen MR) is 47.0 cm³/mol. The fourth-order valence-corrected chi connectivity index (χ4v) is 1.49. The van der Waals surface area contributed by atoms with Gasteiger partial charge >= 0.3 is 0 Å². The molecule has 0 aromatic carbocycles. The summed E-state index contributed by atoms with van der Waals surface area (Å²) >= 11 is 0. The van der Waals surface area contributed by atoms with Gasteiger partial charge in [0.1, 0.15) is 0 Å². The van der Waals surface area contributed by atoms with Gasteiger partial charge in [0, 0.05) is 19.6 Å². The molecule has 1 radical (unpaired) electrons. The van der Waals surface area contributed by atoms with Crippen LogP contribution < -0.4 is 10.6 Å². The molecule has 0 saturated carbocycles. The van der Waals surface area contributed by atoms with E-state index in [2.05, 4.69) is 10.6 Å². The largest absolute Gasteiger partial charge is 0.312 e. The molecule has 1 aliphatic rings. The predicted octanol–water partition coefficient (Wildman–Crippen LogP) is -0.959. The summed E-state index contributed by atoms with van der Waals surface area (Å²) in [4.78, 5) is 13.3. The van der Waals surface area contributed by atoms with E-state index in [4.69, 9.17) is 0 Å². The third kappa shape index (κ3) is 1.50. The molecule has 4 nitrogen and oxygen atoms in total. The maximum absolute atomic E-state index is 11.4. The molecule has 0 aliphatic carbocycles. The van der Waals surface area contributed by atoms with Crippen LogP contribution in [0.4, 0.5) is 0 Å². The van der Waals surface area contributed by atoms with Crippen molar-refractivity contribution < 1.29 is 4.79 Å². The molecule has 0 bridgehead atoms. The van der Waals surface area contributed by atoms with E-state index in [1.165, 1.54) is 0 Å². The highest BCUT2D eigenvalue weighted by Crippen LogP contribution is 2.12. The average molecular weight is 170 g/mol. The summed E-state index contributed by atoms with van der Waals surface area (Å²) in [5.41, 5.74) is -0.613. The van der Waals surface area contributed by atoms with Crippen LogP contribution in [0.3, 0.4) is 0 Å². The van der Waals surface area contributed by atoms with Crippen LogP contribution in [0.25, 0.3) is 0 Å². The van der Waals surface area contributed by atoms with Gasteiger partial charge in [0.25, 0.3) is 0 Å². The number of carbonyl (C=O) groups is 1. The van der Waals surface area contributed by atoms with Gasteiger partial charge in [-0.1, -0.05) is 0 Å². The molecule has 0 aromatic heterocycles. The van der Waals surface area contributed by atoms with Gasteiger partial charge in [0.05, 0.1) is 0 Å². The molecule has 0 spiro atoms. The molecule has 69 valence electrons. The minimum Gasteiger partial charge on any atom is -0.312 e. The van der Waals surface area contributed by atoms with Crippen LogP contribution >= 0.6 is 0 Å². The first-order valence-electron chi connectivity index (χ1n) is 4.17. The molecule has 1 fully saturated rings. The Kier molecular flexibility index (Phi) is 2.82. The van der Waals surface area contributed by atoms with Crippen molar-refractivity contribution in [3.8, 4) is 0 Å². The second kappa shape index (κ2) is 3.51. The van der Waals surface area contributed by atoms with E-state index < -0.39 is 5.66 Å². The number of rotatable bonds is 2. The van der Waals surface area contributed by atoms with E-state index in [9.17, 15) is 4.79 Å². The summed E-state index contributed by atoms with van der Waals surface area (Å²) in [6.45, 7) is 3.83. The lowest BCUT2D eigenvalue weighted by molar-refractivity contribution is -0.130. The summed E-state index contributed by atoms with van der Waals surface area (Å²) in [6, 6.07) is 0. The number of carbonyl (C=O) groups excluding carboxylic acids is 1. The SMILES string of the molecule is CC(=O)C1(N(C)C)CNCC[N]1. The maximum atomic E-state index is 11.4.